The molecule has 2 aliphatic carbocycles. The van der Waals surface area contributed by atoms with Crippen molar-refractivity contribution in [2.75, 3.05) is 18.9 Å². The second-order valence-corrected chi connectivity index (χ2v) is 11.9. The Morgan fingerprint density at radius 3 is 2.24 bits per heavy atom. The number of ether oxygens (including phenoxy) is 1. The first-order valence-electron chi connectivity index (χ1n) is 13.4. The van der Waals surface area contributed by atoms with Crippen LogP contribution >= 0.6 is 11.8 Å². The zero-order valence-electron chi connectivity index (χ0n) is 21.4. The minimum absolute atomic E-state index is 0.0599. The SMILES string of the molecule is C[C@@H](OCCCSC1CC(=O)N(C[C@H]2CC[C@H](C(=O)ON3C(=O)CCC3=O)CC2)C1=O)C(=O)CC1CC1. The lowest BCUT2D eigenvalue weighted by Crippen LogP contribution is -2.39. The average molecular weight is 537 g/mol. The van der Waals surface area contributed by atoms with Crippen molar-refractivity contribution in [2.24, 2.45) is 17.8 Å². The summed E-state index contributed by atoms with van der Waals surface area (Å²) in [6.07, 6.45) is 5.88. The number of hydroxylamine groups is 2. The number of hydrogen-bond acceptors (Lipinski definition) is 9. The van der Waals surface area contributed by atoms with Gasteiger partial charge in [0.1, 0.15) is 6.10 Å². The molecule has 10 nitrogen and oxygen atoms in total. The summed E-state index contributed by atoms with van der Waals surface area (Å²) in [7, 11) is 0. The molecule has 2 atom stereocenters. The summed E-state index contributed by atoms with van der Waals surface area (Å²) in [5.74, 6) is -0.787. The van der Waals surface area contributed by atoms with E-state index in [1.54, 1.807) is 6.92 Å². The van der Waals surface area contributed by atoms with Crippen LogP contribution in [-0.2, 0) is 38.3 Å². The lowest BCUT2D eigenvalue weighted by Gasteiger charge is -2.30. The molecule has 0 radical (unpaired) electrons. The van der Waals surface area contributed by atoms with Gasteiger partial charge in [0, 0.05) is 38.8 Å². The number of rotatable bonds is 13. The Hall–Kier alpha value is -2.27. The fraction of sp³-hybridized carbons (Fsp3) is 0.769. The molecule has 4 rings (SSSR count). The molecule has 37 heavy (non-hydrogen) atoms. The molecule has 11 heteroatoms. The standard InChI is InChI=1S/C26H36N2O8S/c1-16(20(29)13-17-3-4-17)35-11-2-12-37-21-14-24(32)27(25(21)33)15-18-5-7-19(8-6-18)26(34)36-28-22(30)9-10-23(28)31/h16-19,21H,2-15H2,1H3/t16-,18-,19-,21?/m1/s1. The van der Waals surface area contributed by atoms with Crippen molar-refractivity contribution in [1.29, 1.82) is 0 Å². The number of nitrogens with zero attached hydrogens (tertiary/aromatic N) is 2. The quantitative estimate of drug-likeness (QED) is 0.257. The minimum Gasteiger partial charge on any atom is -0.371 e. The number of likely N-dealkylation sites (tertiary alicyclic amines) is 1. The van der Waals surface area contributed by atoms with Gasteiger partial charge in [0.05, 0.1) is 11.2 Å². The van der Waals surface area contributed by atoms with E-state index in [9.17, 15) is 28.8 Å². The molecule has 2 saturated carbocycles. The number of amides is 4. The van der Waals surface area contributed by atoms with Gasteiger partial charge in [0.25, 0.3) is 11.8 Å². The maximum Gasteiger partial charge on any atom is 0.336 e. The number of Topliss-reactive ketones (excluding diaryl/α,β-unsaturated/α-hetero) is 1. The third kappa shape index (κ3) is 7.40. The van der Waals surface area contributed by atoms with Crippen molar-refractivity contribution in [2.45, 2.75) is 88.9 Å². The second-order valence-electron chi connectivity index (χ2n) is 10.6. The zero-order valence-corrected chi connectivity index (χ0v) is 22.2. The van der Waals surface area contributed by atoms with Crippen LogP contribution in [0.4, 0.5) is 0 Å². The van der Waals surface area contributed by atoms with Gasteiger partial charge < -0.3 is 9.57 Å². The molecule has 4 fully saturated rings. The predicted molar refractivity (Wildman–Crippen MR) is 133 cm³/mol. The van der Waals surface area contributed by atoms with Crippen molar-refractivity contribution < 1.29 is 38.3 Å². The molecule has 2 aliphatic heterocycles. The molecule has 2 saturated heterocycles. The van der Waals surface area contributed by atoms with Crippen LogP contribution in [0.25, 0.3) is 0 Å². The van der Waals surface area contributed by atoms with Gasteiger partial charge in [0.15, 0.2) is 5.78 Å². The van der Waals surface area contributed by atoms with Gasteiger partial charge in [-0.25, -0.2) is 4.79 Å². The number of ketones is 1. The predicted octanol–water partition coefficient (Wildman–Crippen LogP) is 2.43. The second kappa shape index (κ2) is 12.5. The zero-order chi connectivity index (χ0) is 26.5. The van der Waals surface area contributed by atoms with E-state index in [0.717, 1.165) is 12.8 Å². The van der Waals surface area contributed by atoms with Crippen LogP contribution in [-0.4, -0.2) is 75.6 Å². The summed E-state index contributed by atoms with van der Waals surface area (Å²) < 4.78 is 5.65. The van der Waals surface area contributed by atoms with E-state index in [0.29, 0.717) is 68.4 Å². The molecule has 4 amide bonds. The number of imide groups is 2. The average Bonchev–Trinajstić information content (AvgIpc) is 3.59. The molecule has 1 unspecified atom stereocenters. The number of hydrogen-bond donors (Lipinski definition) is 0. The maximum atomic E-state index is 12.9. The molecule has 2 heterocycles. The summed E-state index contributed by atoms with van der Waals surface area (Å²) in [6.45, 7) is 2.60. The fourth-order valence-electron chi connectivity index (χ4n) is 5.05. The highest BCUT2D eigenvalue weighted by atomic mass is 32.2. The van der Waals surface area contributed by atoms with Crippen LogP contribution in [0.15, 0.2) is 0 Å². The van der Waals surface area contributed by atoms with E-state index in [1.807, 2.05) is 0 Å². The summed E-state index contributed by atoms with van der Waals surface area (Å²) in [4.78, 5) is 79.5. The molecule has 0 aromatic rings. The highest BCUT2D eigenvalue weighted by Crippen LogP contribution is 2.34. The highest BCUT2D eigenvalue weighted by Gasteiger charge is 2.41. The number of thioether (sulfide) groups is 1. The number of carbonyl (C=O) groups excluding carboxylic acids is 6. The van der Waals surface area contributed by atoms with E-state index >= 15 is 0 Å². The molecule has 0 N–H and O–H groups in total. The molecule has 0 bridgehead atoms. The number of carbonyl (C=O) groups is 6. The summed E-state index contributed by atoms with van der Waals surface area (Å²) in [5.41, 5.74) is 0. The van der Waals surface area contributed by atoms with Crippen LogP contribution in [0, 0.1) is 17.8 Å². The van der Waals surface area contributed by atoms with Crippen molar-refractivity contribution in [3.05, 3.63) is 0 Å². The van der Waals surface area contributed by atoms with Gasteiger partial charge in [-0.1, -0.05) is 0 Å². The highest BCUT2D eigenvalue weighted by molar-refractivity contribution is 8.00. The first-order valence-corrected chi connectivity index (χ1v) is 14.5. The smallest absolute Gasteiger partial charge is 0.336 e. The molecular weight excluding hydrogens is 500 g/mol. The lowest BCUT2D eigenvalue weighted by atomic mass is 9.82. The van der Waals surface area contributed by atoms with Crippen molar-refractivity contribution >= 4 is 47.1 Å². The van der Waals surface area contributed by atoms with E-state index in [2.05, 4.69) is 0 Å². The first kappa shape index (κ1) is 27.8. The van der Waals surface area contributed by atoms with Crippen LogP contribution in [0.5, 0.6) is 0 Å². The Labute approximate surface area is 221 Å². The molecule has 0 aromatic heterocycles. The third-order valence-electron chi connectivity index (χ3n) is 7.63. The minimum atomic E-state index is -0.572. The molecule has 4 aliphatic rings. The first-order chi connectivity index (χ1) is 17.7. The van der Waals surface area contributed by atoms with Gasteiger partial charge in [0.2, 0.25) is 11.8 Å². The Morgan fingerprint density at radius 1 is 0.946 bits per heavy atom. The van der Waals surface area contributed by atoms with E-state index in [4.69, 9.17) is 9.57 Å². The van der Waals surface area contributed by atoms with Gasteiger partial charge in [-0.2, -0.15) is 0 Å². The molecule has 0 aromatic carbocycles. The third-order valence-corrected chi connectivity index (χ3v) is 8.92. The largest absolute Gasteiger partial charge is 0.371 e. The van der Waals surface area contributed by atoms with Gasteiger partial charge >= 0.3 is 5.97 Å². The summed E-state index contributed by atoms with van der Waals surface area (Å²) in [5, 5.41) is 0.193. The molecule has 204 valence electrons. The van der Waals surface area contributed by atoms with Crippen LogP contribution in [0.3, 0.4) is 0 Å². The Kier molecular flexibility index (Phi) is 9.39. The van der Waals surface area contributed by atoms with Gasteiger partial charge in [-0.05, 0) is 69.5 Å². The lowest BCUT2D eigenvalue weighted by molar-refractivity contribution is -0.201. The molecule has 0 spiro atoms. The Morgan fingerprint density at radius 2 is 1.59 bits per heavy atom. The summed E-state index contributed by atoms with van der Waals surface area (Å²) in [6, 6.07) is 0. The summed E-state index contributed by atoms with van der Waals surface area (Å²) >= 11 is 1.46. The molecular formula is C26H36N2O8S. The Bertz CT molecular complexity index is 912. The van der Waals surface area contributed by atoms with Crippen molar-refractivity contribution in [3.63, 3.8) is 0 Å². The van der Waals surface area contributed by atoms with Gasteiger partial charge in [-0.15, -0.1) is 16.8 Å². The fourth-order valence-corrected chi connectivity index (χ4v) is 6.15. The van der Waals surface area contributed by atoms with E-state index in [-0.39, 0.29) is 48.0 Å². The van der Waals surface area contributed by atoms with E-state index < -0.39 is 29.8 Å². The monoisotopic (exact) mass is 536 g/mol. The van der Waals surface area contributed by atoms with Crippen LogP contribution < -0.4 is 0 Å². The maximum absolute atomic E-state index is 12.9. The topological polar surface area (TPSA) is 127 Å². The normalized spacial score (nSPS) is 27.2. The van der Waals surface area contributed by atoms with Crippen LogP contribution in [0.2, 0.25) is 0 Å². The van der Waals surface area contributed by atoms with Crippen LogP contribution in [0.1, 0.15) is 77.6 Å². The van der Waals surface area contributed by atoms with Crippen molar-refractivity contribution in [3.8, 4) is 0 Å². The van der Waals surface area contributed by atoms with Gasteiger partial charge in [-0.3, -0.25) is 28.9 Å². The Balaban J connectivity index is 1.12. The van der Waals surface area contributed by atoms with Crippen molar-refractivity contribution in [1.82, 2.24) is 9.96 Å². The van der Waals surface area contributed by atoms with E-state index in [1.165, 1.54) is 16.7 Å².